The lowest BCUT2D eigenvalue weighted by molar-refractivity contribution is -0.132. The zero-order valence-corrected chi connectivity index (χ0v) is 14.1. The number of nitrogens with zero attached hydrogens (tertiary/aromatic N) is 1. The van der Waals surface area contributed by atoms with E-state index >= 15 is 0 Å². The summed E-state index contributed by atoms with van der Waals surface area (Å²) in [6.45, 7) is 1.60. The highest BCUT2D eigenvalue weighted by atomic mass is 16.2. The van der Waals surface area contributed by atoms with Crippen molar-refractivity contribution in [2.24, 2.45) is 5.73 Å². The van der Waals surface area contributed by atoms with Gasteiger partial charge in [0.05, 0.1) is 6.04 Å². The number of benzene rings is 2. The highest BCUT2D eigenvalue weighted by molar-refractivity contribution is 5.81. The second kappa shape index (κ2) is 8.11. The van der Waals surface area contributed by atoms with Gasteiger partial charge in [-0.15, -0.1) is 0 Å². The number of carbonyl (C=O) groups is 1. The molecule has 0 radical (unpaired) electrons. The summed E-state index contributed by atoms with van der Waals surface area (Å²) in [6.07, 6.45) is 3.84. The smallest absolute Gasteiger partial charge is 0.239 e. The van der Waals surface area contributed by atoms with Crippen LogP contribution in [-0.2, 0) is 4.79 Å². The molecule has 1 heterocycles. The molecular weight excluding hydrogens is 296 g/mol. The molecule has 0 saturated carbocycles. The molecule has 0 bridgehead atoms. The molecule has 0 aliphatic carbocycles. The van der Waals surface area contributed by atoms with Gasteiger partial charge in [-0.25, -0.2) is 0 Å². The van der Waals surface area contributed by atoms with E-state index in [0.717, 1.165) is 38.8 Å². The second-order valence-electron chi connectivity index (χ2n) is 6.59. The summed E-state index contributed by atoms with van der Waals surface area (Å²) in [5.41, 5.74) is 8.61. The first kappa shape index (κ1) is 16.7. The van der Waals surface area contributed by atoms with Crippen LogP contribution in [0.5, 0.6) is 0 Å². The van der Waals surface area contributed by atoms with E-state index < -0.39 is 0 Å². The molecule has 2 N–H and O–H groups in total. The van der Waals surface area contributed by atoms with E-state index in [1.165, 1.54) is 11.1 Å². The van der Waals surface area contributed by atoms with Gasteiger partial charge in [-0.1, -0.05) is 60.7 Å². The van der Waals surface area contributed by atoms with Crippen molar-refractivity contribution in [1.29, 1.82) is 0 Å². The Balaban J connectivity index is 1.76. The van der Waals surface area contributed by atoms with Crippen molar-refractivity contribution in [3.05, 3.63) is 71.8 Å². The fraction of sp³-hybridized carbons (Fsp3) is 0.381. The van der Waals surface area contributed by atoms with Crippen LogP contribution in [0.4, 0.5) is 0 Å². The molecule has 126 valence electrons. The van der Waals surface area contributed by atoms with Crippen LogP contribution in [0.1, 0.15) is 42.7 Å². The summed E-state index contributed by atoms with van der Waals surface area (Å²) in [7, 11) is 0. The lowest BCUT2D eigenvalue weighted by atomic mass is 9.88. The molecule has 2 aromatic rings. The van der Waals surface area contributed by atoms with Crippen LogP contribution in [0.3, 0.4) is 0 Å². The number of hydrogen-bond donors (Lipinski definition) is 1. The van der Waals surface area contributed by atoms with E-state index in [4.69, 9.17) is 5.73 Å². The molecule has 1 atom stereocenters. The normalized spacial score (nSPS) is 18.7. The average Bonchev–Trinajstić information content (AvgIpc) is 2.79. The third-order valence-electron chi connectivity index (χ3n) is 4.91. The second-order valence-corrected chi connectivity index (χ2v) is 6.59. The van der Waals surface area contributed by atoms with Crippen LogP contribution in [0, 0.1) is 0 Å². The number of amides is 1. The Morgan fingerprint density at radius 3 is 2.12 bits per heavy atom. The minimum Gasteiger partial charge on any atom is -0.341 e. The SMILES string of the molecule is N[C@H]1CCCCN(CCC(c2ccccc2)c2ccccc2)C1=O. The van der Waals surface area contributed by atoms with Crippen LogP contribution in [0.25, 0.3) is 0 Å². The van der Waals surface area contributed by atoms with Crippen molar-refractivity contribution in [2.75, 3.05) is 13.1 Å². The van der Waals surface area contributed by atoms with Gasteiger partial charge in [0.1, 0.15) is 0 Å². The molecule has 2 aromatic carbocycles. The molecule has 3 heteroatoms. The molecule has 0 spiro atoms. The largest absolute Gasteiger partial charge is 0.341 e. The molecule has 1 fully saturated rings. The first-order valence-corrected chi connectivity index (χ1v) is 8.90. The van der Waals surface area contributed by atoms with Gasteiger partial charge in [-0.2, -0.15) is 0 Å². The Kier molecular flexibility index (Phi) is 5.65. The van der Waals surface area contributed by atoms with Crippen LogP contribution < -0.4 is 5.73 Å². The summed E-state index contributed by atoms with van der Waals surface area (Å²) in [5, 5.41) is 0. The van der Waals surface area contributed by atoms with Crippen molar-refractivity contribution in [3.8, 4) is 0 Å². The maximum Gasteiger partial charge on any atom is 0.239 e. The predicted octanol–water partition coefficient (Wildman–Crippen LogP) is 3.55. The van der Waals surface area contributed by atoms with Gasteiger partial charge in [0.15, 0.2) is 0 Å². The fourth-order valence-electron chi connectivity index (χ4n) is 3.54. The standard InChI is InChI=1S/C21H26N2O/c22-20-13-7-8-15-23(21(20)24)16-14-19(17-9-3-1-4-10-17)18-11-5-2-6-12-18/h1-6,9-12,19-20H,7-8,13-16,22H2/t20-/m0/s1. The summed E-state index contributed by atoms with van der Waals surface area (Å²) in [6, 6.07) is 20.8. The van der Waals surface area contributed by atoms with Gasteiger partial charge >= 0.3 is 0 Å². The van der Waals surface area contributed by atoms with Crippen molar-refractivity contribution in [2.45, 2.75) is 37.6 Å². The Morgan fingerprint density at radius 1 is 0.958 bits per heavy atom. The van der Waals surface area contributed by atoms with Crippen LogP contribution in [0.2, 0.25) is 0 Å². The first-order chi connectivity index (χ1) is 11.8. The number of rotatable bonds is 5. The van der Waals surface area contributed by atoms with Crippen molar-refractivity contribution in [3.63, 3.8) is 0 Å². The maximum atomic E-state index is 12.4. The van der Waals surface area contributed by atoms with Crippen LogP contribution in [-0.4, -0.2) is 29.9 Å². The van der Waals surface area contributed by atoms with Crippen LogP contribution in [0.15, 0.2) is 60.7 Å². The number of carbonyl (C=O) groups excluding carboxylic acids is 1. The molecule has 1 amide bonds. The highest BCUT2D eigenvalue weighted by Gasteiger charge is 2.25. The van der Waals surface area contributed by atoms with Crippen molar-refractivity contribution < 1.29 is 4.79 Å². The average molecular weight is 322 g/mol. The molecule has 1 aliphatic heterocycles. The molecule has 3 rings (SSSR count). The summed E-state index contributed by atoms with van der Waals surface area (Å²) < 4.78 is 0. The quantitative estimate of drug-likeness (QED) is 0.915. The van der Waals surface area contributed by atoms with Crippen LogP contribution >= 0.6 is 0 Å². The van der Waals surface area contributed by atoms with E-state index in [1.807, 2.05) is 17.0 Å². The predicted molar refractivity (Wildman–Crippen MR) is 97.8 cm³/mol. The number of hydrogen-bond acceptors (Lipinski definition) is 2. The first-order valence-electron chi connectivity index (χ1n) is 8.90. The molecule has 0 unspecified atom stereocenters. The fourth-order valence-corrected chi connectivity index (χ4v) is 3.54. The lowest BCUT2D eigenvalue weighted by Gasteiger charge is -2.26. The number of nitrogens with two attached hydrogens (primary N) is 1. The monoisotopic (exact) mass is 322 g/mol. The zero-order valence-electron chi connectivity index (χ0n) is 14.1. The Morgan fingerprint density at radius 2 is 1.54 bits per heavy atom. The third kappa shape index (κ3) is 4.04. The number of likely N-dealkylation sites (tertiary alicyclic amines) is 1. The van der Waals surface area contributed by atoms with E-state index in [-0.39, 0.29) is 11.9 Å². The molecular formula is C21H26N2O. The summed E-state index contributed by atoms with van der Waals surface area (Å²) >= 11 is 0. The molecule has 1 aliphatic rings. The van der Waals surface area contributed by atoms with Gasteiger partial charge in [-0.05, 0) is 36.8 Å². The van der Waals surface area contributed by atoms with E-state index in [2.05, 4.69) is 48.5 Å². The van der Waals surface area contributed by atoms with Gasteiger partial charge in [-0.3, -0.25) is 4.79 Å². The zero-order chi connectivity index (χ0) is 16.8. The Labute approximate surface area is 144 Å². The topological polar surface area (TPSA) is 46.3 Å². The van der Waals surface area contributed by atoms with Gasteiger partial charge in [0, 0.05) is 19.0 Å². The third-order valence-corrected chi connectivity index (χ3v) is 4.91. The van der Waals surface area contributed by atoms with E-state index in [0.29, 0.717) is 5.92 Å². The molecule has 0 aromatic heterocycles. The Hall–Kier alpha value is -2.13. The maximum absolute atomic E-state index is 12.4. The van der Waals surface area contributed by atoms with Gasteiger partial charge in [0.25, 0.3) is 0 Å². The Bertz CT molecular complexity index is 602. The lowest BCUT2D eigenvalue weighted by Crippen LogP contribution is -2.43. The van der Waals surface area contributed by atoms with Gasteiger partial charge in [0.2, 0.25) is 5.91 Å². The molecule has 24 heavy (non-hydrogen) atoms. The van der Waals surface area contributed by atoms with Crippen molar-refractivity contribution in [1.82, 2.24) is 4.90 Å². The highest BCUT2D eigenvalue weighted by Crippen LogP contribution is 2.28. The van der Waals surface area contributed by atoms with E-state index in [9.17, 15) is 4.79 Å². The summed E-state index contributed by atoms with van der Waals surface area (Å²) in [4.78, 5) is 14.4. The summed E-state index contributed by atoms with van der Waals surface area (Å²) in [5.74, 6) is 0.423. The van der Waals surface area contributed by atoms with Gasteiger partial charge < -0.3 is 10.6 Å². The van der Waals surface area contributed by atoms with Crippen molar-refractivity contribution >= 4 is 5.91 Å². The molecule has 3 nitrogen and oxygen atoms in total. The minimum absolute atomic E-state index is 0.118. The van der Waals surface area contributed by atoms with E-state index in [1.54, 1.807) is 0 Å². The minimum atomic E-state index is -0.320. The molecule has 1 saturated heterocycles.